The van der Waals surface area contributed by atoms with Gasteiger partial charge in [-0.2, -0.15) is 0 Å². The SMILES string of the molecule is NC(=O)COc1ccc(NC(=O)C(Cc2c[nH]c3ccccc23)NC(=O)c2ccccc2Cl)cc1. The molecule has 0 bridgehead atoms. The molecule has 3 aromatic carbocycles. The molecule has 9 heteroatoms. The van der Waals surface area contributed by atoms with Crippen molar-refractivity contribution in [2.24, 2.45) is 5.73 Å². The smallest absolute Gasteiger partial charge is 0.255 e. The van der Waals surface area contributed by atoms with E-state index in [4.69, 9.17) is 22.1 Å². The molecule has 1 atom stereocenters. The van der Waals surface area contributed by atoms with Crippen LogP contribution in [0.1, 0.15) is 15.9 Å². The van der Waals surface area contributed by atoms with Crippen LogP contribution in [-0.2, 0) is 16.0 Å². The largest absolute Gasteiger partial charge is 0.484 e. The Labute approximate surface area is 206 Å². The van der Waals surface area contributed by atoms with Gasteiger partial charge in [0.1, 0.15) is 11.8 Å². The van der Waals surface area contributed by atoms with Crippen LogP contribution in [0.15, 0.2) is 79.0 Å². The van der Waals surface area contributed by atoms with Crippen molar-refractivity contribution in [1.29, 1.82) is 0 Å². The molecule has 3 amide bonds. The Hall–Kier alpha value is -4.30. The summed E-state index contributed by atoms with van der Waals surface area (Å²) in [5.41, 5.74) is 7.68. The first-order valence-electron chi connectivity index (χ1n) is 10.8. The Bertz CT molecular complexity index is 1370. The first-order valence-corrected chi connectivity index (χ1v) is 11.2. The fraction of sp³-hybridized carbons (Fsp3) is 0.115. The van der Waals surface area contributed by atoms with Crippen molar-refractivity contribution in [2.75, 3.05) is 11.9 Å². The first kappa shape index (κ1) is 23.8. The van der Waals surface area contributed by atoms with Crippen LogP contribution in [0.25, 0.3) is 10.9 Å². The van der Waals surface area contributed by atoms with Gasteiger partial charge < -0.3 is 26.1 Å². The van der Waals surface area contributed by atoms with Crippen LogP contribution < -0.4 is 21.1 Å². The van der Waals surface area contributed by atoms with Gasteiger partial charge in [-0.05, 0) is 48.0 Å². The number of carbonyl (C=O) groups is 3. The Morgan fingerprint density at radius 1 is 0.971 bits per heavy atom. The summed E-state index contributed by atoms with van der Waals surface area (Å²) in [6.45, 7) is -0.244. The highest BCUT2D eigenvalue weighted by Gasteiger charge is 2.24. The summed E-state index contributed by atoms with van der Waals surface area (Å²) in [5.74, 6) is -1.01. The van der Waals surface area contributed by atoms with Crippen LogP contribution in [0, 0.1) is 0 Å². The van der Waals surface area contributed by atoms with E-state index in [-0.39, 0.29) is 18.6 Å². The predicted octanol–water partition coefficient (Wildman–Crippen LogP) is 3.67. The number of fused-ring (bicyclic) bond motifs is 1. The summed E-state index contributed by atoms with van der Waals surface area (Å²) in [7, 11) is 0. The lowest BCUT2D eigenvalue weighted by Crippen LogP contribution is -2.45. The third kappa shape index (κ3) is 5.99. The minimum absolute atomic E-state index is 0.244. The van der Waals surface area contributed by atoms with E-state index in [1.54, 1.807) is 48.5 Å². The molecule has 5 N–H and O–H groups in total. The standard InChI is InChI=1S/C26H23ClN4O4/c27-21-7-3-1-6-20(21)25(33)31-23(13-16-14-29-22-8-4-2-5-19(16)22)26(34)30-17-9-11-18(12-10-17)35-15-24(28)32/h1-12,14,23,29H,13,15H2,(H2,28,32)(H,30,34)(H,31,33). The number of hydrogen-bond donors (Lipinski definition) is 4. The lowest BCUT2D eigenvalue weighted by Gasteiger charge is -2.19. The molecule has 1 heterocycles. The number of primary amides is 1. The van der Waals surface area contributed by atoms with Crippen LogP contribution in [-0.4, -0.2) is 35.4 Å². The molecule has 0 fully saturated rings. The average molecular weight is 491 g/mol. The number of amides is 3. The zero-order valence-electron chi connectivity index (χ0n) is 18.6. The number of hydrogen-bond acceptors (Lipinski definition) is 4. The van der Waals surface area contributed by atoms with Gasteiger partial charge in [0.05, 0.1) is 10.6 Å². The number of aromatic amines is 1. The van der Waals surface area contributed by atoms with E-state index in [0.717, 1.165) is 16.5 Å². The summed E-state index contributed by atoms with van der Waals surface area (Å²) in [6.07, 6.45) is 2.09. The summed E-state index contributed by atoms with van der Waals surface area (Å²) in [4.78, 5) is 40.3. The number of aromatic nitrogens is 1. The van der Waals surface area contributed by atoms with Crippen molar-refractivity contribution in [1.82, 2.24) is 10.3 Å². The van der Waals surface area contributed by atoms with Crippen LogP contribution >= 0.6 is 11.6 Å². The second-order valence-electron chi connectivity index (χ2n) is 7.84. The maximum atomic E-state index is 13.3. The summed E-state index contributed by atoms with van der Waals surface area (Å²) < 4.78 is 5.24. The topological polar surface area (TPSA) is 126 Å². The van der Waals surface area contributed by atoms with E-state index >= 15 is 0 Å². The van der Waals surface area contributed by atoms with Gasteiger partial charge in [0, 0.05) is 29.2 Å². The van der Waals surface area contributed by atoms with Gasteiger partial charge in [0.25, 0.3) is 11.8 Å². The Morgan fingerprint density at radius 3 is 2.43 bits per heavy atom. The van der Waals surface area contributed by atoms with Crippen molar-refractivity contribution < 1.29 is 19.1 Å². The van der Waals surface area contributed by atoms with Gasteiger partial charge in [-0.15, -0.1) is 0 Å². The normalized spacial score (nSPS) is 11.6. The van der Waals surface area contributed by atoms with E-state index < -0.39 is 23.8 Å². The third-order valence-corrected chi connectivity index (χ3v) is 5.67. The fourth-order valence-electron chi connectivity index (χ4n) is 3.63. The lowest BCUT2D eigenvalue weighted by molar-refractivity contribution is -0.120. The van der Waals surface area contributed by atoms with Gasteiger partial charge in [-0.3, -0.25) is 14.4 Å². The first-order chi connectivity index (χ1) is 16.9. The number of para-hydroxylation sites is 1. The highest BCUT2D eigenvalue weighted by Crippen LogP contribution is 2.21. The number of anilines is 1. The number of rotatable bonds is 9. The van der Waals surface area contributed by atoms with Gasteiger partial charge in [0.15, 0.2) is 6.61 Å². The van der Waals surface area contributed by atoms with Gasteiger partial charge >= 0.3 is 0 Å². The zero-order chi connectivity index (χ0) is 24.8. The Kier molecular flexibility index (Phi) is 7.32. The van der Waals surface area contributed by atoms with Gasteiger partial charge in [-0.25, -0.2) is 0 Å². The number of nitrogens with two attached hydrogens (primary N) is 1. The molecule has 4 aromatic rings. The van der Waals surface area contributed by atoms with Gasteiger partial charge in [-0.1, -0.05) is 41.9 Å². The predicted molar refractivity (Wildman–Crippen MR) is 134 cm³/mol. The molecule has 0 saturated carbocycles. The van der Waals surface area contributed by atoms with Crippen LogP contribution in [0.3, 0.4) is 0 Å². The molecule has 8 nitrogen and oxygen atoms in total. The molecular formula is C26H23ClN4O4. The molecule has 0 saturated heterocycles. The number of benzene rings is 3. The van der Waals surface area contributed by atoms with Crippen molar-refractivity contribution in [3.8, 4) is 5.75 Å². The minimum Gasteiger partial charge on any atom is -0.484 e. The summed E-state index contributed by atoms with van der Waals surface area (Å²) >= 11 is 6.19. The summed E-state index contributed by atoms with van der Waals surface area (Å²) in [5, 5.41) is 6.90. The Balaban J connectivity index is 1.54. The molecule has 1 unspecified atom stereocenters. The summed E-state index contributed by atoms with van der Waals surface area (Å²) in [6, 6.07) is 20.0. The fourth-order valence-corrected chi connectivity index (χ4v) is 3.85. The number of H-pyrrole nitrogens is 1. The molecule has 4 rings (SSSR count). The van der Waals surface area contributed by atoms with Crippen molar-refractivity contribution in [2.45, 2.75) is 12.5 Å². The number of nitrogens with one attached hydrogen (secondary N) is 3. The number of carbonyl (C=O) groups excluding carboxylic acids is 3. The maximum Gasteiger partial charge on any atom is 0.255 e. The molecule has 35 heavy (non-hydrogen) atoms. The average Bonchev–Trinajstić information content (AvgIpc) is 3.26. The molecular weight excluding hydrogens is 468 g/mol. The van der Waals surface area contributed by atoms with Crippen molar-refractivity contribution >= 4 is 45.9 Å². The molecule has 0 radical (unpaired) electrons. The molecule has 1 aromatic heterocycles. The molecule has 0 aliphatic heterocycles. The monoisotopic (exact) mass is 490 g/mol. The van der Waals surface area contributed by atoms with Crippen LogP contribution in [0.5, 0.6) is 5.75 Å². The number of halogens is 1. The highest BCUT2D eigenvalue weighted by atomic mass is 35.5. The van der Waals surface area contributed by atoms with E-state index in [0.29, 0.717) is 16.5 Å². The van der Waals surface area contributed by atoms with E-state index in [1.807, 2.05) is 30.5 Å². The maximum absolute atomic E-state index is 13.3. The molecule has 0 aliphatic rings. The van der Waals surface area contributed by atoms with Crippen LogP contribution in [0.2, 0.25) is 5.02 Å². The highest BCUT2D eigenvalue weighted by molar-refractivity contribution is 6.33. The molecule has 0 aliphatic carbocycles. The molecule has 178 valence electrons. The van der Waals surface area contributed by atoms with Gasteiger partial charge in [0.2, 0.25) is 5.91 Å². The quantitative estimate of drug-likeness (QED) is 0.285. The number of ether oxygens (including phenoxy) is 1. The second kappa shape index (κ2) is 10.8. The molecule has 0 spiro atoms. The van der Waals surface area contributed by atoms with E-state index in [2.05, 4.69) is 15.6 Å². The van der Waals surface area contributed by atoms with E-state index in [1.165, 1.54) is 0 Å². The minimum atomic E-state index is -0.885. The third-order valence-electron chi connectivity index (χ3n) is 5.34. The van der Waals surface area contributed by atoms with Crippen molar-refractivity contribution in [3.63, 3.8) is 0 Å². The lowest BCUT2D eigenvalue weighted by atomic mass is 10.0. The Morgan fingerprint density at radius 2 is 1.69 bits per heavy atom. The second-order valence-corrected chi connectivity index (χ2v) is 8.25. The van der Waals surface area contributed by atoms with Crippen LogP contribution in [0.4, 0.5) is 5.69 Å². The van der Waals surface area contributed by atoms with Crippen molar-refractivity contribution in [3.05, 3.63) is 95.1 Å². The zero-order valence-corrected chi connectivity index (χ0v) is 19.3. The van der Waals surface area contributed by atoms with E-state index in [9.17, 15) is 14.4 Å².